The van der Waals surface area contributed by atoms with Crippen LogP contribution < -0.4 is 4.74 Å². The number of hydrogen-bond acceptors (Lipinski definition) is 4. The molecule has 0 radical (unpaired) electrons. The molecule has 1 aromatic rings. The Labute approximate surface area is 193 Å². The van der Waals surface area contributed by atoms with E-state index in [-0.39, 0.29) is 11.9 Å². The lowest BCUT2D eigenvalue weighted by Crippen LogP contribution is -2.41. The molecule has 4 rings (SSSR count). The van der Waals surface area contributed by atoms with Crippen molar-refractivity contribution >= 4 is 52.1 Å². The first-order valence-electron chi connectivity index (χ1n) is 10.9. The average Bonchev–Trinajstić information content (AvgIpc) is 3.04. The Bertz CT molecular complexity index is 836. The number of amidine groups is 1. The number of carbonyl (C=O) groups is 1. The first kappa shape index (κ1) is 22.0. The maximum absolute atomic E-state index is 13.4. The Hall–Kier alpha value is -1.17. The number of nitrogens with zero attached hydrogens (tertiary/aromatic N) is 2. The number of ether oxygens (including phenoxy) is 1. The zero-order valence-corrected chi connectivity index (χ0v) is 19.7. The second kappa shape index (κ2) is 9.97. The van der Waals surface area contributed by atoms with Gasteiger partial charge >= 0.3 is 0 Å². The number of carbonyl (C=O) groups excluding carboxylic acids is 1. The van der Waals surface area contributed by atoms with Gasteiger partial charge in [0.25, 0.3) is 5.91 Å². The van der Waals surface area contributed by atoms with Crippen molar-refractivity contribution < 1.29 is 9.53 Å². The average molecular weight is 467 g/mol. The summed E-state index contributed by atoms with van der Waals surface area (Å²) in [6, 6.07) is 4.17. The highest BCUT2D eigenvalue weighted by molar-refractivity contribution is 8.18. The van der Waals surface area contributed by atoms with E-state index in [1.807, 2.05) is 11.0 Å². The minimum Gasteiger partial charge on any atom is -0.494 e. The highest BCUT2D eigenvalue weighted by Gasteiger charge is 2.39. The Morgan fingerprint density at radius 2 is 1.63 bits per heavy atom. The Kier molecular flexibility index (Phi) is 7.32. The monoisotopic (exact) mass is 466 g/mol. The summed E-state index contributed by atoms with van der Waals surface area (Å²) in [5.74, 6) is 0.513. The molecule has 1 aromatic carbocycles. The fourth-order valence-electron chi connectivity index (χ4n) is 4.61. The van der Waals surface area contributed by atoms with Gasteiger partial charge in [-0.05, 0) is 61.2 Å². The summed E-state index contributed by atoms with van der Waals surface area (Å²) in [4.78, 5) is 21.2. The molecule has 0 bridgehead atoms. The lowest BCUT2D eigenvalue weighted by atomic mass is 9.94. The Morgan fingerprint density at radius 3 is 2.23 bits per heavy atom. The largest absolute Gasteiger partial charge is 0.494 e. The maximum atomic E-state index is 13.4. The molecule has 0 spiro atoms. The van der Waals surface area contributed by atoms with E-state index in [4.69, 9.17) is 32.9 Å². The minimum atomic E-state index is 0.0597. The van der Waals surface area contributed by atoms with Gasteiger partial charge < -0.3 is 4.74 Å². The van der Waals surface area contributed by atoms with Gasteiger partial charge in [-0.2, -0.15) is 0 Å². The van der Waals surface area contributed by atoms with Crippen LogP contribution in [-0.2, 0) is 4.79 Å². The second-order valence-corrected chi connectivity index (χ2v) is 10.1. The van der Waals surface area contributed by atoms with Gasteiger partial charge in [-0.1, -0.05) is 61.7 Å². The third kappa shape index (κ3) is 4.84. The van der Waals surface area contributed by atoms with Gasteiger partial charge in [0.15, 0.2) is 10.9 Å². The van der Waals surface area contributed by atoms with Crippen molar-refractivity contribution in [2.75, 3.05) is 7.11 Å². The fourth-order valence-corrected chi connectivity index (χ4v) is 6.38. The normalized spacial score (nSPS) is 24.2. The number of aliphatic imine (C=N–C) groups is 1. The van der Waals surface area contributed by atoms with Crippen molar-refractivity contribution in [3.05, 3.63) is 32.6 Å². The zero-order chi connectivity index (χ0) is 21.1. The first-order chi connectivity index (χ1) is 14.6. The van der Waals surface area contributed by atoms with Crippen molar-refractivity contribution in [3.63, 3.8) is 0 Å². The van der Waals surface area contributed by atoms with Gasteiger partial charge in [-0.3, -0.25) is 14.7 Å². The van der Waals surface area contributed by atoms with Crippen molar-refractivity contribution in [1.82, 2.24) is 4.90 Å². The lowest BCUT2D eigenvalue weighted by Gasteiger charge is -2.31. The van der Waals surface area contributed by atoms with Gasteiger partial charge in [0.2, 0.25) is 0 Å². The van der Waals surface area contributed by atoms with Gasteiger partial charge in [-0.15, -0.1) is 0 Å². The van der Waals surface area contributed by atoms with Crippen LogP contribution in [0.2, 0.25) is 10.0 Å². The third-order valence-electron chi connectivity index (χ3n) is 6.17. The zero-order valence-electron chi connectivity index (χ0n) is 17.3. The van der Waals surface area contributed by atoms with Crippen LogP contribution in [0.15, 0.2) is 22.0 Å². The topological polar surface area (TPSA) is 41.9 Å². The molecule has 2 saturated carbocycles. The minimum absolute atomic E-state index is 0.0597. The number of rotatable bonds is 4. The lowest BCUT2D eigenvalue weighted by molar-refractivity contribution is -0.124. The summed E-state index contributed by atoms with van der Waals surface area (Å²) in [6.07, 6.45) is 13.6. The van der Waals surface area contributed by atoms with Crippen LogP contribution in [0, 0.1) is 0 Å². The summed E-state index contributed by atoms with van der Waals surface area (Å²) in [5.41, 5.74) is 0.796. The van der Waals surface area contributed by atoms with E-state index in [2.05, 4.69) is 0 Å². The molecule has 3 aliphatic rings. The van der Waals surface area contributed by atoms with E-state index in [9.17, 15) is 4.79 Å². The van der Waals surface area contributed by atoms with Crippen molar-refractivity contribution in [1.29, 1.82) is 0 Å². The van der Waals surface area contributed by atoms with Crippen molar-refractivity contribution in [2.45, 2.75) is 76.3 Å². The van der Waals surface area contributed by atoms with Gasteiger partial charge in [0.05, 0.1) is 28.1 Å². The standard InChI is InChI=1S/C23H28Cl2N2O2S/c1-29-21-18(24)12-15(13-19(21)25)14-20-22(28)27(17-10-6-3-7-11-17)23(30-20)26-16-8-4-2-5-9-16/h12-14,16-17H,2-11H2,1H3. The molecule has 1 aliphatic heterocycles. The van der Waals surface area contributed by atoms with Crippen molar-refractivity contribution in [2.24, 2.45) is 4.99 Å². The van der Waals surface area contributed by atoms with Crippen LogP contribution in [0.5, 0.6) is 5.75 Å². The number of methoxy groups -OCH3 is 1. The molecular weight excluding hydrogens is 439 g/mol. The molecule has 1 saturated heterocycles. The molecule has 0 unspecified atom stereocenters. The quantitative estimate of drug-likeness (QED) is 0.451. The van der Waals surface area contributed by atoms with Gasteiger partial charge in [0.1, 0.15) is 0 Å². The summed E-state index contributed by atoms with van der Waals surface area (Å²) >= 11 is 14.1. The van der Waals surface area contributed by atoms with Gasteiger partial charge in [-0.25, -0.2) is 0 Å². The van der Waals surface area contributed by atoms with E-state index < -0.39 is 0 Å². The van der Waals surface area contributed by atoms with Crippen LogP contribution in [0.3, 0.4) is 0 Å². The van der Waals surface area contributed by atoms with Crippen LogP contribution in [-0.4, -0.2) is 35.2 Å². The number of thioether (sulfide) groups is 1. The second-order valence-electron chi connectivity index (χ2n) is 8.30. The predicted molar refractivity (Wildman–Crippen MR) is 127 cm³/mol. The summed E-state index contributed by atoms with van der Waals surface area (Å²) in [7, 11) is 1.54. The molecule has 1 heterocycles. The smallest absolute Gasteiger partial charge is 0.266 e. The molecule has 162 valence electrons. The van der Waals surface area contributed by atoms with E-state index in [0.717, 1.165) is 36.4 Å². The van der Waals surface area contributed by atoms with Crippen LogP contribution in [0.25, 0.3) is 6.08 Å². The van der Waals surface area contributed by atoms with Crippen LogP contribution in [0.1, 0.15) is 69.8 Å². The fraction of sp³-hybridized carbons (Fsp3) is 0.565. The van der Waals surface area contributed by atoms with E-state index in [1.165, 1.54) is 57.4 Å². The molecule has 0 atom stereocenters. The van der Waals surface area contributed by atoms with Crippen LogP contribution in [0.4, 0.5) is 0 Å². The molecule has 1 amide bonds. The molecule has 4 nitrogen and oxygen atoms in total. The van der Waals surface area contributed by atoms with E-state index >= 15 is 0 Å². The number of amides is 1. The highest BCUT2D eigenvalue weighted by Crippen LogP contribution is 2.40. The van der Waals surface area contributed by atoms with Crippen LogP contribution >= 0.6 is 35.0 Å². The Balaban J connectivity index is 1.65. The first-order valence-corrected chi connectivity index (χ1v) is 12.5. The van der Waals surface area contributed by atoms with Gasteiger partial charge in [0, 0.05) is 6.04 Å². The molecule has 7 heteroatoms. The number of hydrogen-bond donors (Lipinski definition) is 0. The SMILES string of the molecule is COc1c(Cl)cc(C=C2SC(=NC3CCCCC3)N(C3CCCCC3)C2=O)cc1Cl. The molecule has 2 aliphatic carbocycles. The van der Waals surface area contributed by atoms with Crippen molar-refractivity contribution in [3.8, 4) is 5.75 Å². The van der Waals surface area contributed by atoms with E-state index in [0.29, 0.717) is 26.7 Å². The highest BCUT2D eigenvalue weighted by atomic mass is 35.5. The number of benzene rings is 1. The molecule has 0 N–H and O–H groups in total. The number of halogens is 2. The molecule has 0 aromatic heterocycles. The molecule has 3 fully saturated rings. The summed E-state index contributed by atoms with van der Waals surface area (Å²) in [6.45, 7) is 0. The molecular formula is C23H28Cl2N2O2S. The van der Waals surface area contributed by atoms with E-state index in [1.54, 1.807) is 12.1 Å². The third-order valence-corrected chi connectivity index (χ3v) is 7.73. The maximum Gasteiger partial charge on any atom is 0.266 e. The summed E-state index contributed by atoms with van der Waals surface area (Å²) < 4.78 is 5.24. The predicted octanol–water partition coefficient (Wildman–Crippen LogP) is 6.94. The Morgan fingerprint density at radius 1 is 1.03 bits per heavy atom. The summed E-state index contributed by atoms with van der Waals surface area (Å²) in [5, 5.41) is 1.76. The molecule has 30 heavy (non-hydrogen) atoms.